The van der Waals surface area contributed by atoms with Crippen LogP contribution in [0.3, 0.4) is 0 Å². The number of fused-ring (bicyclic) bond motifs is 1. The van der Waals surface area contributed by atoms with Crippen LogP contribution in [0.2, 0.25) is 0 Å². The second kappa shape index (κ2) is 6.40. The lowest BCUT2D eigenvalue weighted by Crippen LogP contribution is -2.52. The van der Waals surface area contributed by atoms with Crippen LogP contribution in [0.5, 0.6) is 0 Å². The highest BCUT2D eigenvalue weighted by Crippen LogP contribution is 2.31. The number of hydrogen-bond donors (Lipinski definition) is 1. The van der Waals surface area contributed by atoms with E-state index in [0.717, 1.165) is 0 Å². The largest absolute Gasteiger partial charge is 0.468 e. The number of piperazine rings is 1. The number of furan rings is 1. The van der Waals surface area contributed by atoms with Gasteiger partial charge in [0, 0.05) is 25.9 Å². The Morgan fingerprint density at radius 1 is 1.27 bits per heavy atom. The zero-order valence-corrected chi connectivity index (χ0v) is 14.0. The minimum absolute atomic E-state index is 0.118. The van der Waals surface area contributed by atoms with Crippen LogP contribution >= 0.6 is 0 Å². The SMILES string of the molecule is O=C1CCCc2occ(C(=O)N3CCNC(=O)[C@@H]3c3cccc(F)c3)c21. The van der Waals surface area contributed by atoms with Gasteiger partial charge in [-0.15, -0.1) is 0 Å². The number of hydrogen-bond acceptors (Lipinski definition) is 4. The normalized spacial score (nSPS) is 19.9. The van der Waals surface area contributed by atoms with Gasteiger partial charge in [0.25, 0.3) is 5.91 Å². The Morgan fingerprint density at radius 2 is 2.12 bits per heavy atom. The zero-order valence-electron chi connectivity index (χ0n) is 14.0. The molecule has 1 atom stereocenters. The molecule has 2 aliphatic rings. The first-order valence-corrected chi connectivity index (χ1v) is 8.54. The van der Waals surface area contributed by atoms with Crippen LogP contribution < -0.4 is 5.32 Å². The average molecular weight is 356 g/mol. The maximum atomic E-state index is 13.6. The Kier molecular flexibility index (Phi) is 4.06. The van der Waals surface area contributed by atoms with Crippen LogP contribution in [0, 0.1) is 5.82 Å². The second-order valence-corrected chi connectivity index (χ2v) is 6.47. The third kappa shape index (κ3) is 2.69. The van der Waals surface area contributed by atoms with Crippen LogP contribution in [0.15, 0.2) is 34.9 Å². The van der Waals surface area contributed by atoms with Gasteiger partial charge in [-0.25, -0.2) is 4.39 Å². The maximum Gasteiger partial charge on any atom is 0.258 e. The van der Waals surface area contributed by atoms with Gasteiger partial charge in [0.05, 0.1) is 11.1 Å². The summed E-state index contributed by atoms with van der Waals surface area (Å²) in [7, 11) is 0. The highest BCUT2D eigenvalue weighted by molar-refractivity contribution is 6.10. The minimum Gasteiger partial charge on any atom is -0.468 e. The standard InChI is InChI=1S/C19H17FN2O4/c20-12-4-1-3-11(9-12)17-18(24)21-7-8-22(17)19(25)13-10-26-15-6-2-5-14(23)16(13)15/h1,3-4,9-10,17H,2,5-8H2,(H,21,24)/t17-/m0/s1. The third-order valence-electron chi connectivity index (χ3n) is 4.82. The lowest BCUT2D eigenvalue weighted by Gasteiger charge is -2.35. The Balaban J connectivity index is 1.73. The van der Waals surface area contributed by atoms with Gasteiger partial charge in [-0.2, -0.15) is 0 Å². The summed E-state index contributed by atoms with van der Waals surface area (Å²) in [6.07, 6.45) is 2.99. The van der Waals surface area contributed by atoms with E-state index in [-0.39, 0.29) is 23.8 Å². The van der Waals surface area contributed by atoms with Crippen molar-refractivity contribution in [2.75, 3.05) is 13.1 Å². The van der Waals surface area contributed by atoms with Crippen molar-refractivity contribution in [1.82, 2.24) is 10.2 Å². The predicted molar refractivity (Wildman–Crippen MR) is 89.2 cm³/mol. The number of carbonyl (C=O) groups excluding carboxylic acids is 3. The van der Waals surface area contributed by atoms with E-state index in [9.17, 15) is 18.8 Å². The summed E-state index contributed by atoms with van der Waals surface area (Å²) in [5, 5.41) is 2.71. The first-order chi connectivity index (χ1) is 12.6. The molecule has 1 aromatic heterocycles. The summed E-state index contributed by atoms with van der Waals surface area (Å²) < 4.78 is 19.1. The van der Waals surface area contributed by atoms with Crippen molar-refractivity contribution in [2.24, 2.45) is 0 Å². The molecule has 0 saturated carbocycles. The molecule has 7 heteroatoms. The Labute approximate surface area is 149 Å². The van der Waals surface area contributed by atoms with Crippen LogP contribution in [0.25, 0.3) is 0 Å². The molecule has 0 unspecified atom stereocenters. The van der Waals surface area contributed by atoms with Gasteiger partial charge < -0.3 is 14.6 Å². The van der Waals surface area contributed by atoms with Crippen molar-refractivity contribution < 1.29 is 23.2 Å². The molecule has 0 spiro atoms. The molecule has 26 heavy (non-hydrogen) atoms. The summed E-state index contributed by atoms with van der Waals surface area (Å²) in [6, 6.07) is 4.68. The Hall–Kier alpha value is -2.96. The van der Waals surface area contributed by atoms with Crippen LogP contribution in [0.1, 0.15) is 50.9 Å². The van der Waals surface area contributed by atoms with Gasteiger partial charge in [0.1, 0.15) is 23.9 Å². The minimum atomic E-state index is -0.948. The van der Waals surface area contributed by atoms with Gasteiger partial charge in [0.15, 0.2) is 5.78 Å². The molecule has 1 fully saturated rings. The number of ketones is 1. The molecule has 1 saturated heterocycles. The number of aryl methyl sites for hydroxylation is 1. The number of carbonyl (C=O) groups is 3. The zero-order chi connectivity index (χ0) is 18.3. The fraction of sp³-hybridized carbons (Fsp3) is 0.316. The van der Waals surface area contributed by atoms with Crippen molar-refractivity contribution in [3.8, 4) is 0 Å². The predicted octanol–water partition coefficient (Wildman–Crippen LogP) is 2.25. The number of rotatable bonds is 2. The number of Topliss-reactive ketones (excluding diaryl/α,β-unsaturated/α-hetero) is 1. The van der Waals surface area contributed by atoms with Crippen molar-refractivity contribution in [1.29, 1.82) is 0 Å². The number of amides is 2. The lowest BCUT2D eigenvalue weighted by atomic mass is 9.93. The fourth-order valence-electron chi connectivity index (χ4n) is 3.63. The number of benzene rings is 1. The van der Waals surface area contributed by atoms with E-state index in [4.69, 9.17) is 4.42 Å². The first-order valence-electron chi connectivity index (χ1n) is 8.54. The summed E-state index contributed by atoms with van der Waals surface area (Å²) in [5.41, 5.74) is 0.894. The quantitative estimate of drug-likeness (QED) is 0.895. The van der Waals surface area contributed by atoms with E-state index < -0.39 is 17.8 Å². The smallest absolute Gasteiger partial charge is 0.258 e. The van der Waals surface area contributed by atoms with Crippen molar-refractivity contribution in [2.45, 2.75) is 25.3 Å². The van der Waals surface area contributed by atoms with Crippen molar-refractivity contribution in [3.05, 3.63) is 58.8 Å². The molecule has 0 bridgehead atoms. The van der Waals surface area contributed by atoms with Crippen LogP contribution in [0.4, 0.5) is 4.39 Å². The van der Waals surface area contributed by atoms with Gasteiger partial charge >= 0.3 is 0 Å². The second-order valence-electron chi connectivity index (χ2n) is 6.47. The molecule has 2 heterocycles. The summed E-state index contributed by atoms with van der Waals surface area (Å²) in [5.74, 6) is -0.905. The monoisotopic (exact) mass is 356 g/mol. The number of halogens is 1. The van der Waals surface area contributed by atoms with E-state index in [1.54, 1.807) is 6.07 Å². The summed E-state index contributed by atoms with van der Waals surface area (Å²) in [6.45, 7) is 0.560. The fourth-order valence-corrected chi connectivity index (χ4v) is 3.63. The summed E-state index contributed by atoms with van der Waals surface area (Å²) >= 11 is 0. The number of nitrogens with one attached hydrogen (secondary N) is 1. The van der Waals surface area contributed by atoms with Gasteiger partial charge in [-0.3, -0.25) is 14.4 Å². The van der Waals surface area contributed by atoms with Crippen LogP contribution in [-0.4, -0.2) is 35.6 Å². The van der Waals surface area contributed by atoms with Gasteiger partial charge in [-0.1, -0.05) is 12.1 Å². The molecule has 2 aromatic rings. The molecule has 1 aromatic carbocycles. The van der Waals surface area contributed by atoms with E-state index >= 15 is 0 Å². The lowest BCUT2D eigenvalue weighted by molar-refractivity contribution is -0.128. The number of nitrogens with zero attached hydrogens (tertiary/aromatic N) is 1. The third-order valence-corrected chi connectivity index (χ3v) is 4.82. The van der Waals surface area contributed by atoms with E-state index in [0.29, 0.717) is 42.7 Å². The average Bonchev–Trinajstić information content (AvgIpc) is 3.06. The molecule has 4 rings (SSSR count). The topological polar surface area (TPSA) is 79.6 Å². The van der Waals surface area contributed by atoms with Gasteiger partial charge in [-0.05, 0) is 24.1 Å². The Bertz CT molecular complexity index is 905. The highest BCUT2D eigenvalue weighted by Gasteiger charge is 2.38. The van der Waals surface area contributed by atoms with Crippen molar-refractivity contribution >= 4 is 17.6 Å². The highest BCUT2D eigenvalue weighted by atomic mass is 19.1. The summed E-state index contributed by atoms with van der Waals surface area (Å²) in [4.78, 5) is 39.2. The van der Waals surface area contributed by atoms with Crippen LogP contribution in [-0.2, 0) is 11.2 Å². The van der Waals surface area contributed by atoms with E-state index in [2.05, 4.69) is 5.32 Å². The van der Waals surface area contributed by atoms with E-state index in [1.165, 1.54) is 29.4 Å². The first kappa shape index (κ1) is 16.5. The molecule has 0 radical (unpaired) electrons. The maximum absolute atomic E-state index is 13.6. The molecule has 1 aliphatic carbocycles. The van der Waals surface area contributed by atoms with E-state index in [1.807, 2.05) is 0 Å². The molecule has 1 aliphatic heterocycles. The molecule has 6 nitrogen and oxygen atoms in total. The Morgan fingerprint density at radius 3 is 2.92 bits per heavy atom. The molecule has 134 valence electrons. The van der Waals surface area contributed by atoms with Gasteiger partial charge in [0.2, 0.25) is 5.91 Å². The molecule has 1 N–H and O–H groups in total. The molecular formula is C19H17FN2O4. The van der Waals surface area contributed by atoms with Crippen molar-refractivity contribution in [3.63, 3.8) is 0 Å². The molecule has 2 amide bonds. The molecular weight excluding hydrogens is 339 g/mol.